The van der Waals surface area contributed by atoms with Gasteiger partial charge in [-0.05, 0) is 45.4 Å². The van der Waals surface area contributed by atoms with Crippen molar-refractivity contribution in [2.45, 2.75) is 39.8 Å². The summed E-state index contributed by atoms with van der Waals surface area (Å²) < 4.78 is 5.32. The van der Waals surface area contributed by atoms with Gasteiger partial charge in [0, 0.05) is 13.1 Å². The van der Waals surface area contributed by atoms with Crippen molar-refractivity contribution < 1.29 is 19.4 Å². The van der Waals surface area contributed by atoms with Gasteiger partial charge < -0.3 is 14.7 Å². The zero-order chi connectivity index (χ0) is 15.3. The Bertz CT molecular complexity index is 474. The number of ether oxygens (including phenoxy) is 1. The van der Waals surface area contributed by atoms with Gasteiger partial charge in [0.05, 0.1) is 5.56 Å². The lowest BCUT2D eigenvalue weighted by Gasteiger charge is -2.26. The molecule has 1 aromatic rings. The molecule has 1 N–H and O–H groups in total. The molecule has 1 aromatic carbocycles. The zero-order valence-electron chi connectivity index (χ0n) is 12.3. The van der Waals surface area contributed by atoms with Crippen LogP contribution in [0.2, 0.25) is 0 Å². The third kappa shape index (κ3) is 4.91. The molecule has 0 unspecified atom stereocenters. The third-order valence-electron chi connectivity index (χ3n) is 2.61. The highest BCUT2D eigenvalue weighted by Gasteiger charge is 2.21. The highest BCUT2D eigenvalue weighted by Crippen LogP contribution is 2.13. The molecule has 0 heterocycles. The quantitative estimate of drug-likeness (QED) is 0.919. The molecule has 5 nitrogen and oxygen atoms in total. The number of rotatable bonds is 4. The van der Waals surface area contributed by atoms with Crippen LogP contribution in [-0.4, -0.2) is 34.2 Å². The molecule has 1 amide bonds. The minimum Gasteiger partial charge on any atom is -0.478 e. The van der Waals surface area contributed by atoms with Crippen molar-refractivity contribution >= 4 is 12.1 Å². The standard InChI is InChI=1S/C15H21NO4/c1-5-16(14(19)20-15(2,3)4)10-11-6-8-12(9-7-11)13(17)18/h6-9H,5,10H2,1-4H3,(H,17,18). The van der Waals surface area contributed by atoms with Gasteiger partial charge in [-0.2, -0.15) is 0 Å². The molecule has 5 heteroatoms. The normalized spacial score (nSPS) is 11.0. The summed E-state index contributed by atoms with van der Waals surface area (Å²) in [5, 5.41) is 8.84. The number of nitrogens with zero attached hydrogens (tertiary/aromatic N) is 1. The molecular formula is C15H21NO4. The van der Waals surface area contributed by atoms with Crippen molar-refractivity contribution in [2.75, 3.05) is 6.54 Å². The van der Waals surface area contributed by atoms with Crippen molar-refractivity contribution in [3.8, 4) is 0 Å². The second-order valence-electron chi connectivity index (χ2n) is 5.50. The van der Waals surface area contributed by atoms with E-state index in [2.05, 4.69) is 0 Å². The molecule has 0 radical (unpaired) electrons. The van der Waals surface area contributed by atoms with E-state index >= 15 is 0 Å². The van der Waals surface area contributed by atoms with Crippen molar-refractivity contribution in [1.82, 2.24) is 4.90 Å². The first-order chi connectivity index (χ1) is 9.23. The lowest BCUT2D eigenvalue weighted by Crippen LogP contribution is -2.36. The predicted molar refractivity (Wildman–Crippen MR) is 75.7 cm³/mol. The summed E-state index contributed by atoms with van der Waals surface area (Å²) in [4.78, 5) is 24.3. The van der Waals surface area contributed by atoms with Crippen LogP contribution in [0.3, 0.4) is 0 Å². The molecule has 0 aliphatic heterocycles. The number of hydrogen-bond donors (Lipinski definition) is 1. The summed E-state index contributed by atoms with van der Waals surface area (Å²) in [5.74, 6) is -0.962. The summed E-state index contributed by atoms with van der Waals surface area (Å²) in [6.07, 6.45) is -0.373. The van der Waals surface area contributed by atoms with Crippen molar-refractivity contribution in [3.05, 3.63) is 35.4 Å². The van der Waals surface area contributed by atoms with E-state index in [-0.39, 0.29) is 11.7 Å². The van der Waals surface area contributed by atoms with Crippen LogP contribution in [0.1, 0.15) is 43.6 Å². The molecular weight excluding hydrogens is 258 g/mol. The molecule has 110 valence electrons. The number of aromatic carboxylic acids is 1. The maximum absolute atomic E-state index is 12.0. The summed E-state index contributed by atoms with van der Waals surface area (Å²) >= 11 is 0. The van der Waals surface area contributed by atoms with Gasteiger partial charge in [-0.15, -0.1) is 0 Å². The van der Waals surface area contributed by atoms with E-state index in [1.807, 2.05) is 27.7 Å². The molecule has 20 heavy (non-hydrogen) atoms. The van der Waals surface area contributed by atoms with Crippen LogP contribution >= 0.6 is 0 Å². The average molecular weight is 279 g/mol. The van der Waals surface area contributed by atoms with E-state index in [4.69, 9.17) is 9.84 Å². The lowest BCUT2D eigenvalue weighted by molar-refractivity contribution is 0.0244. The maximum atomic E-state index is 12.0. The van der Waals surface area contributed by atoms with E-state index in [0.717, 1.165) is 5.56 Å². The SMILES string of the molecule is CCN(Cc1ccc(C(=O)O)cc1)C(=O)OC(C)(C)C. The van der Waals surface area contributed by atoms with E-state index in [1.54, 1.807) is 17.0 Å². The topological polar surface area (TPSA) is 66.8 Å². The molecule has 1 rings (SSSR count). The first kappa shape index (κ1) is 16.0. The average Bonchev–Trinajstić information content (AvgIpc) is 2.34. The number of carboxylic acids is 1. The van der Waals surface area contributed by atoms with Crippen LogP contribution in [0, 0.1) is 0 Å². The number of carboxylic acid groups (broad SMARTS) is 1. The Balaban J connectivity index is 2.73. The first-order valence-corrected chi connectivity index (χ1v) is 6.53. The molecule has 0 atom stereocenters. The molecule has 0 spiro atoms. The van der Waals surface area contributed by atoms with Crippen molar-refractivity contribution in [3.63, 3.8) is 0 Å². The molecule has 0 saturated heterocycles. The fraction of sp³-hybridized carbons (Fsp3) is 0.467. The third-order valence-corrected chi connectivity index (χ3v) is 2.61. The van der Waals surface area contributed by atoms with Crippen LogP contribution in [0.5, 0.6) is 0 Å². The van der Waals surface area contributed by atoms with E-state index in [0.29, 0.717) is 13.1 Å². The smallest absolute Gasteiger partial charge is 0.410 e. The molecule has 0 aromatic heterocycles. The van der Waals surface area contributed by atoms with E-state index in [1.165, 1.54) is 12.1 Å². The zero-order valence-corrected chi connectivity index (χ0v) is 12.3. The summed E-state index contributed by atoms with van der Waals surface area (Å²) in [6.45, 7) is 8.25. The highest BCUT2D eigenvalue weighted by atomic mass is 16.6. The number of carbonyl (C=O) groups is 2. The van der Waals surface area contributed by atoms with Crippen LogP contribution < -0.4 is 0 Å². The first-order valence-electron chi connectivity index (χ1n) is 6.53. The van der Waals surface area contributed by atoms with E-state index < -0.39 is 11.6 Å². The largest absolute Gasteiger partial charge is 0.478 e. The van der Waals surface area contributed by atoms with Gasteiger partial charge in [0.1, 0.15) is 5.60 Å². The molecule has 0 bridgehead atoms. The Kier molecular flexibility index (Phi) is 5.13. The molecule has 0 aliphatic rings. The Labute approximate surface area is 119 Å². The van der Waals surface area contributed by atoms with Crippen molar-refractivity contribution in [1.29, 1.82) is 0 Å². The number of carbonyl (C=O) groups excluding carboxylic acids is 1. The number of benzene rings is 1. The van der Waals surface area contributed by atoms with Crippen LogP contribution in [0.15, 0.2) is 24.3 Å². The number of amides is 1. The Morgan fingerprint density at radius 3 is 2.15 bits per heavy atom. The van der Waals surface area contributed by atoms with Crippen LogP contribution in [0.4, 0.5) is 4.79 Å². The fourth-order valence-electron chi connectivity index (χ4n) is 1.61. The summed E-state index contributed by atoms with van der Waals surface area (Å²) in [6, 6.07) is 6.47. The minimum atomic E-state index is -0.962. The minimum absolute atomic E-state index is 0.231. The van der Waals surface area contributed by atoms with Gasteiger partial charge >= 0.3 is 12.1 Å². The molecule has 0 saturated carbocycles. The van der Waals surface area contributed by atoms with Gasteiger partial charge in [0.2, 0.25) is 0 Å². The Morgan fingerprint density at radius 1 is 1.20 bits per heavy atom. The predicted octanol–water partition coefficient (Wildman–Crippen LogP) is 3.14. The molecule has 0 fully saturated rings. The van der Waals surface area contributed by atoms with Gasteiger partial charge in [-0.3, -0.25) is 0 Å². The second kappa shape index (κ2) is 6.41. The summed E-state index contributed by atoms with van der Waals surface area (Å²) in [7, 11) is 0. The summed E-state index contributed by atoms with van der Waals surface area (Å²) in [5.41, 5.74) is 0.564. The van der Waals surface area contributed by atoms with Gasteiger partial charge in [0.25, 0.3) is 0 Å². The lowest BCUT2D eigenvalue weighted by atomic mass is 10.1. The fourth-order valence-corrected chi connectivity index (χ4v) is 1.61. The van der Waals surface area contributed by atoms with Crippen LogP contribution in [-0.2, 0) is 11.3 Å². The van der Waals surface area contributed by atoms with Gasteiger partial charge in [-0.25, -0.2) is 9.59 Å². The Hall–Kier alpha value is -2.04. The number of hydrogen-bond acceptors (Lipinski definition) is 3. The second-order valence-corrected chi connectivity index (χ2v) is 5.50. The Morgan fingerprint density at radius 2 is 1.75 bits per heavy atom. The van der Waals surface area contributed by atoms with Gasteiger partial charge in [-0.1, -0.05) is 12.1 Å². The highest BCUT2D eigenvalue weighted by molar-refractivity contribution is 5.87. The van der Waals surface area contributed by atoms with Crippen molar-refractivity contribution in [2.24, 2.45) is 0 Å². The monoisotopic (exact) mass is 279 g/mol. The van der Waals surface area contributed by atoms with Gasteiger partial charge in [0.15, 0.2) is 0 Å². The molecule has 0 aliphatic carbocycles. The van der Waals surface area contributed by atoms with E-state index in [9.17, 15) is 9.59 Å². The van der Waals surface area contributed by atoms with Crippen LogP contribution in [0.25, 0.3) is 0 Å². The maximum Gasteiger partial charge on any atom is 0.410 e.